The van der Waals surface area contributed by atoms with E-state index in [4.69, 9.17) is 10.2 Å². The zero-order chi connectivity index (χ0) is 12.7. The quantitative estimate of drug-likeness (QED) is 0.767. The number of fused-ring (bicyclic) bond motifs is 1. The van der Waals surface area contributed by atoms with Gasteiger partial charge >= 0.3 is 0 Å². The van der Waals surface area contributed by atoms with E-state index in [-0.39, 0.29) is 6.04 Å². The Morgan fingerprint density at radius 2 is 2.22 bits per heavy atom. The van der Waals surface area contributed by atoms with Crippen molar-refractivity contribution in [2.45, 2.75) is 19.9 Å². The molecule has 1 unspecified atom stereocenters. The second kappa shape index (κ2) is 4.19. The highest BCUT2D eigenvalue weighted by atomic mass is 32.1. The van der Waals surface area contributed by atoms with Gasteiger partial charge in [-0.25, -0.2) is 9.97 Å². The molecular weight excluding hydrogens is 246 g/mol. The van der Waals surface area contributed by atoms with E-state index in [2.05, 4.69) is 16.9 Å². The minimum atomic E-state index is -0.0311. The van der Waals surface area contributed by atoms with E-state index in [0.29, 0.717) is 0 Å². The van der Waals surface area contributed by atoms with E-state index >= 15 is 0 Å². The molecule has 5 heteroatoms. The maximum atomic E-state index is 5.87. The third kappa shape index (κ3) is 1.81. The third-order valence-electron chi connectivity index (χ3n) is 2.81. The molecule has 3 rings (SSSR count). The van der Waals surface area contributed by atoms with Crippen LogP contribution in [0.2, 0.25) is 0 Å². The Morgan fingerprint density at radius 1 is 1.39 bits per heavy atom. The van der Waals surface area contributed by atoms with Crippen molar-refractivity contribution in [3.63, 3.8) is 0 Å². The van der Waals surface area contributed by atoms with Gasteiger partial charge < -0.3 is 10.2 Å². The molecule has 18 heavy (non-hydrogen) atoms. The van der Waals surface area contributed by atoms with Crippen LogP contribution >= 0.6 is 11.3 Å². The summed E-state index contributed by atoms with van der Waals surface area (Å²) < 4.78 is 5.31. The van der Waals surface area contributed by atoms with E-state index in [9.17, 15) is 0 Å². The Hall–Kier alpha value is -1.72. The van der Waals surface area contributed by atoms with Gasteiger partial charge in [-0.3, -0.25) is 0 Å². The summed E-state index contributed by atoms with van der Waals surface area (Å²) in [6.45, 7) is 4.01. The fourth-order valence-electron chi connectivity index (χ4n) is 1.88. The number of rotatable bonds is 2. The molecule has 0 aliphatic rings. The summed E-state index contributed by atoms with van der Waals surface area (Å²) in [6, 6.07) is 5.89. The molecule has 4 nitrogen and oxygen atoms in total. The van der Waals surface area contributed by atoms with Crippen LogP contribution in [0.5, 0.6) is 0 Å². The molecule has 0 aliphatic heterocycles. The minimum absolute atomic E-state index is 0.0311. The molecule has 2 aromatic heterocycles. The zero-order valence-electron chi connectivity index (χ0n) is 10.2. The summed E-state index contributed by atoms with van der Waals surface area (Å²) in [5, 5.41) is 0.958. The predicted octanol–water partition coefficient (Wildman–Crippen LogP) is 3.28. The zero-order valence-corrected chi connectivity index (χ0v) is 11.0. The molecule has 0 bridgehead atoms. The highest BCUT2D eigenvalue weighted by molar-refractivity contribution is 7.12. The number of oxazole rings is 1. The molecule has 0 saturated carbocycles. The molecular formula is C13H13N3OS. The first-order valence-corrected chi connectivity index (χ1v) is 6.53. The molecule has 1 atom stereocenters. The second-order valence-corrected chi connectivity index (χ2v) is 5.52. The molecule has 2 heterocycles. The van der Waals surface area contributed by atoms with Gasteiger partial charge in [0.05, 0.1) is 11.7 Å². The molecule has 0 fully saturated rings. The first-order chi connectivity index (χ1) is 8.65. The molecule has 0 radical (unpaired) electrons. The number of hydrogen-bond acceptors (Lipinski definition) is 5. The highest BCUT2D eigenvalue weighted by Crippen LogP contribution is 2.31. The predicted molar refractivity (Wildman–Crippen MR) is 72.5 cm³/mol. The Bertz CT molecular complexity index is 699. The molecule has 1 aromatic carbocycles. The number of benzene rings is 1. The van der Waals surface area contributed by atoms with Gasteiger partial charge in [-0.2, -0.15) is 0 Å². The van der Waals surface area contributed by atoms with Crippen LogP contribution < -0.4 is 5.73 Å². The largest absolute Gasteiger partial charge is 0.443 e. The lowest BCUT2D eigenvalue weighted by molar-refractivity contribution is 0.602. The van der Waals surface area contributed by atoms with Crippen molar-refractivity contribution in [3.05, 3.63) is 34.5 Å². The average molecular weight is 259 g/mol. The van der Waals surface area contributed by atoms with Crippen LogP contribution in [0.25, 0.3) is 22.4 Å². The summed E-state index contributed by atoms with van der Waals surface area (Å²) in [5.74, 6) is 0. The summed E-state index contributed by atoms with van der Waals surface area (Å²) in [4.78, 5) is 9.87. The monoisotopic (exact) mass is 259 g/mol. The molecule has 92 valence electrons. The summed E-state index contributed by atoms with van der Waals surface area (Å²) >= 11 is 1.64. The first kappa shape index (κ1) is 11.4. The molecule has 0 amide bonds. The van der Waals surface area contributed by atoms with Gasteiger partial charge in [-0.05, 0) is 26.0 Å². The van der Waals surface area contributed by atoms with E-state index in [0.717, 1.165) is 27.4 Å². The Labute approximate surface area is 108 Å². The molecule has 2 N–H and O–H groups in total. The van der Waals surface area contributed by atoms with E-state index < -0.39 is 0 Å². The van der Waals surface area contributed by atoms with Crippen LogP contribution in [0.1, 0.15) is 22.9 Å². The van der Waals surface area contributed by atoms with Crippen molar-refractivity contribution in [1.29, 1.82) is 0 Å². The highest BCUT2D eigenvalue weighted by Gasteiger charge is 2.13. The van der Waals surface area contributed by atoms with Crippen LogP contribution in [0.3, 0.4) is 0 Å². The maximum Gasteiger partial charge on any atom is 0.181 e. The number of nitrogens with zero attached hydrogens (tertiary/aromatic N) is 2. The van der Waals surface area contributed by atoms with Crippen molar-refractivity contribution in [1.82, 2.24) is 9.97 Å². The van der Waals surface area contributed by atoms with Gasteiger partial charge in [0.25, 0.3) is 0 Å². The van der Waals surface area contributed by atoms with Crippen LogP contribution in [0, 0.1) is 6.92 Å². The first-order valence-electron chi connectivity index (χ1n) is 5.71. The normalized spacial score (nSPS) is 13.1. The second-order valence-electron chi connectivity index (χ2n) is 4.28. The van der Waals surface area contributed by atoms with Gasteiger partial charge in [0.2, 0.25) is 0 Å². The summed E-state index contributed by atoms with van der Waals surface area (Å²) in [5.41, 5.74) is 9.53. The number of aryl methyl sites for hydroxylation is 1. The number of thiazole rings is 1. The number of hydrogen-bond donors (Lipinski definition) is 1. The molecule has 0 aliphatic carbocycles. The topological polar surface area (TPSA) is 64.9 Å². The smallest absolute Gasteiger partial charge is 0.181 e. The van der Waals surface area contributed by atoms with Crippen molar-refractivity contribution >= 4 is 22.4 Å². The summed E-state index contributed by atoms with van der Waals surface area (Å²) in [6.07, 6.45) is 1.45. The standard InChI is InChI=1S/C13H13N3OS/c1-7(14)13-16-12(8(2)18-13)9-3-4-10-11(5-9)17-6-15-10/h3-7H,14H2,1-2H3. The van der Waals surface area contributed by atoms with Crippen molar-refractivity contribution < 1.29 is 4.42 Å². The Morgan fingerprint density at radius 3 is 2.94 bits per heavy atom. The van der Waals surface area contributed by atoms with Gasteiger partial charge in [-0.15, -0.1) is 11.3 Å². The van der Waals surface area contributed by atoms with E-state index in [1.807, 2.05) is 25.1 Å². The Balaban J connectivity index is 2.13. The molecule has 0 spiro atoms. The minimum Gasteiger partial charge on any atom is -0.443 e. The van der Waals surface area contributed by atoms with Crippen molar-refractivity contribution in [2.75, 3.05) is 0 Å². The van der Waals surface area contributed by atoms with E-state index in [1.54, 1.807) is 11.3 Å². The average Bonchev–Trinajstić information content (AvgIpc) is 2.93. The maximum absolute atomic E-state index is 5.87. The van der Waals surface area contributed by atoms with Crippen molar-refractivity contribution in [3.8, 4) is 11.3 Å². The number of aromatic nitrogens is 2. The van der Waals surface area contributed by atoms with Gasteiger partial charge in [0.15, 0.2) is 12.0 Å². The van der Waals surface area contributed by atoms with Crippen LogP contribution in [-0.2, 0) is 0 Å². The summed E-state index contributed by atoms with van der Waals surface area (Å²) in [7, 11) is 0. The third-order valence-corrected chi connectivity index (χ3v) is 3.98. The molecule has 0 saturated heterocycles. The fourth-order valence-corrected chi connectivity index (χ4v) is 2.78. The molecule has 3 aromatic rings. The van der Waals surface area contributed by atoms with Crippen LogP contribution in [0.4, 0.5) is 0 Å². The fraction of sp³-hybridized carbons (Fsp3) is 0.231. The van der Waals surface area contributed by atoms with Crippen LogP contribution in [0.15, 0.2) is 29.0 Å². The van der Waals surface area contributed by atoms with Crippen LogP contribution in [-0.4, -0.2) is 9.97 Å². The van der Waals surface area contributed by atoms with Gasteiger partial charge in [0, 0.05) is 10.4 Å². The number of nitrogens with two attached hydrogens (primary N) is 1. The van der Waals surface area contributed by atoms with Crippen molar-refractivity contribution in [2.24, 2.45) is 5.73 Å². The van der Waals surface area contributed by atoms with E-state index in [1.165, 1.54) is 11.3 Å². The lowest BCUT2D eigenvalue weighted by atomic mass is 10.1. The Kier molecular flexibility index (Phi) is 2.65. The lowest BCUT2D eigenvalue weighted by Gasteiger charge is -1.99. The SMILES string of the molecule is Cc1sc(C(C)N)nc1-c1ccc2ncoc2c1. The van der Waals surface area contributed by atoms with Gasteiger partial charge in [0.1, 0.15) is 10.5 Å². The van der Waals surface area contributed by atoms with Gasteiger partial charge in [-0.1, -0.05) is 6.07 Å². The lowest BCUT2D eigenvalue weighted by Crippen LogP contribution is -2.03.